The third-order valence-corrected chi connectivity index (χ3v) is 4.02. The molecule has 28 heavy (non-hydrogen) atoms. The quantitative estimate of drug-likeness (QED) is 0.312. The fraction of sp³-hybridized carbons (Fsp3) is 0.429. The zero-order chi connectivity index (χ0) is 20.0. The average Bonchev–Trinajstić information content (AvgIpc) is 2.73. The van der Waals surface area contributed by atoms with Gasteiger partial charge in [0, 0.05) is 32.0 Å². The van der Waals surface area contributed by atoms with E-state index >= 15 is 0 Å². The van der Waals surface area contributed by atoms with E-state index in [4.69, 9.17) is 9.47 Å². The van der Waals surface area contributed by atoms with Crippen molar-refractivity contribution in [1.82, 2.24) is 15.6 Å². The molecule has 1 aromatic heterocycles. The molecule has 7 heteroatoms. The highest BCUT2D eigenvalue weighted by Crippen LogP contribution is 2.16. The Morgan fingerprint density at radius 2 is 1.96 bits per heavy atom. The van der Waals surface area contributed by atoms with Crippen LogP contribution in [0.15, 0.2) is 53.7 Å². The molecule has 152 valence electrons. The number of methoxy groups -OCH3 is 1. The fourth-order valence-corrected chi connectivity index (χ4v) is 2.57. The van der Waals surface area contributed by atoms with E-state index in [0.29, 0.717) is 44.6 Å². The second kappa shape index (κ2) is 12.7. The number of benzene rings is 1. The summed E-state index contributed by atoms with van der Waals surface area (Å²) < 4.78 is 10.7. The Morgan fingerprint density at radius 3 is 2.71 bits per heavy atom. The first-order valence-corrected chi connectivity index (χ1v) is 9.55. The summed E-state index contributed by atoms with van der Waals surface area (Å²) in [6.07, 6.45) is 1.78. The van der Waals surface area contributed by atoms with E-state index in [1.54, 1.807) is 13.3 Å². The Balaban J connectivity index is 1.90. The van der Waals surface area contributed by atoms with Crippen LogP contribution in [0.3, 0.4) is 0 Å². The zero-order valence-corrected chi connectivity index (χ0v) is 16.6. The Bertz CT molecular complexity index is 710. The molecule has 0 fully saturated rings. The summed E-state index contributed by atoms with van der Waals surface area (Å²) in [4.78, 5) is 8.88. The number of nitrogens with one attached hydrogen (secondary N) is 2. The van der Waals surface area contributed by atoms with Crippen LogP contribution in [0.5, 0.6) is 5.88 Å². The maximum Gasteiger partial charge on any atom is 0.218 e. The lowest BCUT2D eigenvalue weighted by Crippen LogP contribution is -2.38. The normalized spacial score (nSPS) is 12.5. The van der Waals surface area contributed by atoms with E-state index in [0.717, 1.165) is 17.7 Å². The van der Waals surface area contributed by atoms with Gasteiger partial charge in [-0.15, -0.1) is 0 Å². The first kappa shape index (κ1) is 21.7. The van der Waals surface area contributed by atoms with E-state index in [9.17, 15) is 5.11 Å². The van der Waals surface area contributed by atoms with Crippen molar-refractivity contribution in [1.29, 1.82) is 0 Å². The Morgan fingerprint density at radius 1 is 1.14 bits per heavy atom. The maximum atomic E-state index is 10.3. The standard InChI is InChI=1S/C21H30N4O3/c1-3-22-21(24-13-11-19(26)17-8-5-4-6-9-17)25-16-18-10-7-12-23-20(18)28-15-14-27-2/h4-10,12,19,26H,3,11,13-16H2,1-2H3,(H2,22,24,25). The minimum absolute atomic E-state index is 0.437. The molecule has 2 rings (SSSR count). The zero-order valence-electron chi connectivity index (χ0n) is 16.6. The molecule has 1 unspecified atom stereocenters. The summed E-state index contributed by atoms with van der Waals surface area (Å²) in [6.45, 7) is 4.75. The first-order chi connectivity index (χ1) is 13.7. The Hall–Kier alpha value is -2.64. The summed E-state index contributed by atoms with van der Waals surface area (Å²) in [6, 6.07) is 13.5. The molecule has 1 aromatic carbocycles. The number of rotatable bonds is 11. The van der Waals surface area contributed by atoms with Crippen molar-refractivity contribution in [2.75, 3.05) is 33.4 Å². The summed E-state index contributed by atoms with van der Waals surface area (Å²) in [5.74, 6) is 1.26. The van der Waals surface area contributed by atoms with Gasteiger partial charge in [-0.05, 0) is 25.0 Å². The molecule has 0 aliphatic carbocycles. The SMILES string of the molecule is CCNC(=NCc1cccnc1OCCOC)NCCC(O)c1ccccc1. The van der Waals surface area contributed by atoms with Crippen LogP contribution in [0.2, 0.25) is 0 Å². The number of hydrogen-bond acceptors (Lipinski definition) is 5. The van der Waals surface area contributed by atoms with E-state index < -0.39 is 6.10 Å². The number of aromatic nitrogens is 1. The summed E-state index contributed by atoms with van der Waals surface area (Å²) in [5.41, 5.74) is 1.82. The molecular formula is C21H30N4O3. The topological polar surface area (TPSA) is 88.0 Å². The van der Waals surface area contributed by atoms with Crippen molar-refractivity contribution in [3.8, 4) is 5.88 Å². The summed E-state index contributed by atoms with van der Waals surface area (Å²) in [5, 5.41) is 16.8. The van der Waals surface area contributed by atoms with Gasteiger partial charge in [-0.2, -0.15) is 0 Å². The van der Waals surface area contributed by atoms with Crippen LogP contribution in [0, 0.1) is 0 Å². The number of hydrogen-bond donors (Lipinski definition) is 3. The highest BCUT2D eigenvalue weighted by molar-refractivity contribution is 5.79. The van der Waals surface area contributed by atoms with Gasteiger partial charge in [-0.3, -0.25) is 0 Å². The monoisotopic (exact) mass is 386 g/mol. The van der Waals surface area contributed by atoms with Crippen molar-refractivity contribution in [2.45, 2.75) is 26.0 Å². The van der Waals surface area contributed by atoms with Gasteiger partial charge >= 0.3 is 0 Å². The second-order valence-corrected chi connectivity index (χ2v) is 6.15. The maximum absolute atomic E-state index is 10.3. The van der Waals surface area contributed by atoms with Crippen molar-refractivity contribution >= 4 is 5.96 Å². The van der Waals surface area contributed by atoms with E-state index in [-0.39, 0.29) is 0 Å². The van der Waals surface area contributed by atoms with Gasteiger partial charge < -0.3 is 25.2 Å². The molecule has 0 saturated heterocycles. The van der Waals surface area contributed by atoms with Crippen molar-refractivity contribution in [2.24, 2.45) is 4.99 Å². The number of aliphatic hydroxyl groups excluding tert-OH is 1. The molecule has 7 nitrogen and oxygen atoms in total. The van der Waals surface area contributed by atoms with E-state index in [1.807, 2.05) is 49.4 Å². The van der Waals surface area contributed by atoms with Gasteiger partial charge in [0.25, 0.3) is 0 Å². The smallest absolute Gasteiger partial charge is 0.218 e. The molecule has 1 heterocycles. The van der Waals surface area contributed by atoms with Crippen molar-refractivity contribution in [3.63, 3.8) is 0 Å². The summed E-state index contributed by atoms with van der Waals surface area (Å²) in [7, 11) is 1.64. The Labute approximate surface area is 166 Å². The van der Waals surface area contributed by atoms with Gasteiger partial charge in [-0.1, -0.05) is 36.4 Å². The largest absolute Gasteiger partial charge is 0.475 e. The fourth-order valence-electron chi connectivity index (χ4n) is 2.57. The number of guanidine groups is 1. The van der Waals surface area contributed by atoms with Gasteiger partial charge in [0.1, 0.15) is 6.61 Å². The minimum atomic E-state index is -0.504. The molecular weight excluding hydrogens is 356 g/mol. The van der Waals surface area contributed by atoms with Crippen LogP contribution in [0.4, 0.5) is 0 Å². The molecule has 3 N–H and O–H groups in total. The lowest BCUT2D eigenvalue weighted by Gasteiger charge is -2.15. The number of aliphatic hydroxyl groups is 1. The lowest BCUT2D eigenvalue weighted by atomic mass is 10.1. The molecule has 0 aliphatic heterocycles. The van der Waals surface area contributed by atoms with Crippen LogP contribution >= 0.6 is 0 Å². The van der Waals surface area contributed by atoms with Gasteiger partial charge in [0.2, 0.25) is 5.88 Å². The molecule has 0 bridgehead atoms. The third kappa shape index (κ3) is 7.54. The van der Waals surface area contributed by atoms with Crippen LogP contribution in [-0.2, 0) is 11.3 Å². The van der Waals surface area contributed by atoms with E-state index in [2.05, 4.69) is 20.6 Å². The van der Waals surface area contributed by atoms with Crippen molar-refractivity contribution in [3.05, 3.63) is 59.8 Å². The molecule has 0 aliphatic rings. The van der Waals surface area contributed by atoms with Gasteiger partial charge in [-0.25, -0.2) is 9.98 Å². The molecule has 2 aromatic rings. The molecule has 0 spiro atoms. The van der Waals surface area contributed by atoms with Crippen LogP contribution in [-0.4, -0.2) is 49.5 Å². The molecule has 0 saturated carbocycles. The molecule has 0 amide bonds. The van der Waals surface area contributed by atoms with Gasteiger partial charge in [0.15, 0.2) is 5.96 Å². The second-order valence-electron chi connectivity index (χ2n) is 6.15. The van der Waals surface area contributed by atoms with Crippen LogP contribution in [0.25, 0.3) is 0 Å². The minimum Gasteiger partial charge on any atom is -0.475 e. The highest BCUT2D eigenvalue weighted by atomic mass is 16.5. The summed E-state index contributed by atoms with van der Waals surface area (Å²) >= 11 is 0. The predicted molar refractivity (Wildman–Crippen MR) is 110 cm³/mol. The first-order valence-electron chi connectivity index (χ1n) is 9.55. The number of pyridine rings is 1. The third-order valence-electron chi connectivity index (χ3n) is 4.02. The molecule has 0 radical (unpaired) electrons. The molecule has 1 atom stereocenters. The van der Waals surface area contributed by atoms with Crippen LogP contribution < -0.4 is 15.4 Å². The van der Waals surface area contributed by atoms with Crippen LogP contribution in [0.1, 0.15) is 30.6 Å². The number of nitrogens with zero attached hydrogens (tertiary/aromatic N) is 2. The number of aliphatic imine (C=N–C) groups is 1. The van der Waals surface area contributed by atoms with Crippen molar-refractivity contribution < 1.29 is 14.6 Å². The average molecular weight is 386 g/mol. The van der Waals surface area contributed by atoms with Gasteiger partial charge in [0.05, 0.1) is 19.3 Å². The predicted octanol–water partition coefficient (Wildman–Crippen LogP) is 2.29. The number of ether oxygens (including phenoxy) is 2. The highest BCUT2D eigenvalue weighted by Gasteiger charge is 2.08. The lowest BCUT2D eigenvalue weighted by molar-refractivity contribution is 0.143. The van der Waals surface area contributed by atoms with E-state index in [1.165, 1.54) is 0 Å². The Kier molecular flexibility index (Phi) is 9.82.